The summed E-state index contributed by atoms with van der Waals surface area (Å²) >= 11 is 6.03. The second-order valence-electron chi connectivity index (χ2n) is 5.65. The minimum Gasteiger partial charge on any atom is -0.398 e. The van der Waals surface area contributed by atoms with Crippen LogP contribution in [0.15, 0.2) is 48.5 Å². The van der Waals surface area contributed by atoms with Crippen LogP contribution in [0, 0.1) is 11.3 Å². The number of rotatable bonds is 4. The normalized spacial score (nSPS) is 13.8. The Bertz CT molecular complexity index is 853. The van der Waals surface area contributed by atoms with E-state index in [-0.39, 0.29) is 11.8 Å². The Morgan fingerprint density at radius 2 is 1.96 bits per heavy atom. The highest BCUT2D eigenvalue weighted by Crippen LogP contribution is 2.32. The molecule has 4 nitrogen and oxygen atoms in total. The molecule has 1 aliphatic heterocycles. The van der Waals surface area contributed by atoms with Crippen LogP contribution in [0.3, 0.4) is 0 Å². The number of amides is 1. The van der Waals surface area contributed by atoms with E-state index in [2.05, 4.69) is 6.07 Å². The number of carbonyl (C=O) groups is 1. The molecule has 2 aromatic carbocycles. The molecule has 0 atom stereocenters. The zero-order valence-electron chi connectivity index (χ0n) is 13.0. The van der Waals surface area contributed by atoms with Gasteiger partial charge in [0.25, 0.3) is 0 Å². The fourth-order valence-corrected chi connectivity index (χ4v) is 3.21. The SMILES string of the molecule is N#Cc1ccc(N)c(CCl)c1C1=CC(=O)N(Cc2ccccc2)C1. The van der Waals surface area contributed by atoms with Crippen LogP contribution < -0.4 is 5.73 Å². The van der Waals surface area contributed by atoms with E-state index in [1.807, 2.05) is 30.3 Å². The molecule has 0 bridgehead atoms. The number of anilines is 1. The van der Waals surface area contributed by atoms with Crippen molar-refractivity contribution in [2.24, 2.45) is 0 Å². The third-order valence-corrected chi connectivity index (χ3v) is 4.38. The Labute approximate surface area is 145 Å². The first-order chi connectivity index (χ1) is 11.6. The molecule has 0 spiro atoms. The van der Waals surface area contributed by atoms with E-state index >= 15 is 0 Å². The van der Waals surface area contributed by atoms with Gasteiger partial charge in [-0.25, -0.2) is 0 Å². The summed E-state index contributed by atoms with van der Waals surface area (Å²) in [5.41, 5.74) is 10.3. The summed E-state index contributed by atoms with van der Waals surface area (Å²) < 4.78 is 0. The molecule has 120 valence electrons. The second kappa shape index (κ2) is 6.77. The zero-order valence-corrected chi connectivity index (χ0v) is 13.8. The Kier molecular flexibility index (Phi) is 4.54. The molecule has 0 saturated heterocycles. The van der Waals surface area contributed by atoms with Gasteiger partial charge in [-0.05, 0) is 28.8 Å². The molecule has 0 unspecified atom stereocenters. The van der Waals surface area contributed by atoms with Crippen molar-refractivity contribution in [2.45, 2.75) is 12.4 Å². The fourth-order valence-electron chi connectivity index (χ4n) is 2.93. The summed E-state index contributed by atoms with van der Waals surface area (Å²) in [6.07, 6.45) is 1.58. The summed E-state index contributed by atoms with van der Waals surface area (Å²) in [7, 11) is 0. The summed E-state index contributed by atoms with van der Waals surface area (Å²) in [6, 6.07) is 15.3. The third-order valence-electron chi connectivity index (χ3n) is 4.11. The van der Waals surface area contributed by atoms with E-state index in [1.165, 1.54) is 0 Å². The minimum absolute atomic E-state index is 0.0688. The summed E-state index contributed by atoms with van der Waals surface area (Å²) in [6.45, 7) is 0.968. The lowest BCUT2D eigenvalue weighted by Crippen LogP contribution is -2.25. The molecule has 0 aromatic heterocycles. The van der Waals surface area contributed by atoms with Crippen molar-refractivity contribution < 1.29 is 4.79 Å². The summed E-state index contributed by atoms with van der Waals surface area (Å²) in [5, 5.41) is 9.40. The maximum atomic E-state index is 12.3. The van der Waals surface area contributed by atoms with Crippen molar-refractivity contribution in [3.63, 3.8) is 0 Å². The van der Waals surface area contributed by atoms with Crippen molar-refractivity contribution in [1.29, 1.82) is 5.26 Å². The molecule has 5 heteroatoms. The summed E-state index contributed by atoms with van der Waals surface area (Å²) in [4.78, 5) is 14.1. The Morgan fingerprint density at radius 3 is 2.62 bits per heavy atom. The van der Waals surface area contributed by atoms with Gasteiger partial charge in [0, 0.05) is 30.4 Å². The van der Waals surface area contributed by atoms with Gasteiger partial charge >= 0.3 is 0 Å². The molecule has 2 N–H and O–H groups in total. The van der Waals surface area contributed by atoms with E-state index < -0.39 is 0 Å². The number of hydrogen-bond donors (Lipinski definition) is 1. The maximum Gasteiger partial charge on any atom is 0.247 e. The lowest BCUT2D eigenvalue weighted by molar-refractivity contribution is -0.125. The van der Waals surface area contributed by atoms with Crippen molar-refractivity contribution in [3.8, 4) is 6.07 Å². The number of nitrogens with zero attached hydrogens (tertiary/aromatic N) is 2. The monoisotopic (exact) mass is 337 g/mol. The molecule has 2 aromatic rings. The van der Waals surface area contributed by atoms with Gasteiger partial charge in [-0.3, -0.25) is 4.79 Å². The standard InChI is InChI=1S/C19H16ClN3O/c20-9-16-17(22)7-6-14(10-21)19(16)15-8-18(24)23(12-15)11-13-4-2-1-3-5-13/h1-8H,9,11-12,22H2. The lowest BCUT2D eigenvalue weighted by Gasteiger charge is -2.18. The number of benzene rings is 2. The van der Waals surface area contributed by atoms with Crippen molar-refractivity contribution >= 4 is 28.8 Å². The van der Waals surface area contributed by atoms with E-state index in [4.69, 9.17) is 17.3 Å². The number of nitriles is 1. The Morgan fingerprint density at radius 1 is 1.21 bits per heavy atom. The molecular weight excluding hydrogens is 322 g/mol. The first-order valence-electron chi connectivity index (χ1n) is 7.55. The van der Waals surface area contributed by atoms with E-state index in [0.29, 0.717) is 35.5 Å². The molecule has 0 radical (unpaired) electrons. The predicted octanol–water partition coefficient (Wildman–Crippen LogP) is 3.31. The van der Waals surface area contributed by atoms with Gasteiger partial charge in [0.1, 0.15) is 0 Å². The zero-order chi connectivity index (χ0) is 17.1. The number of alkyl halides is 1. The van der Waals surface area contributed by atoms with Crippen molar-refractivity contribution in [2.75, 3.05) is 12.3 Å². The number of nitrogens with two attached hydrogens (primary N) is 1. The molecule has 1 heterocycles. The molecule has 0 saturated carbocycles. The quantitative estimate of drug-likeness (QED) is 0.687. The summed E-state index contributed by atoms with van der Waals surface area (Å²) in [5.74, 6) is 0.127. The van der Waals surface area contributed by atoms with Crippen LogP contribution in [0.1, 0.15) is 22.3 Å². The molecule has 3 rings (SSSR count). The van der Waals surface area contributed by atoms with Gasteiger partial charge in [0.05, 0.1) is 17.5 Å². The van der Waals surface area contributed by atoms with Crippen LogP contribution in [0.5, 0.6) is 0 Å². The van der Waals surface area contributed by atoms with E-state index in [9.17, 15) is 10.1 Å². The molecule has 1 aliphatic rings. The number of nitrogen functional groups attached to an aromatic ring is 1. The van der Waals surface area contributed by atoms with E-state index in [0.717, 1.165) is 11.1 Å². The number of halogens is 1. The van der Waals surface area contributed by atoms with Crippen LogP contribution in [-0.4, -0.2) is 17.4 Å². The van der Waals surface area contributed by atoms with Crippen LogP contribution >= 0.6 is 11.6 Å². The average Bonchev–Trinajstić information content (AvgIpc) is 2.95. The van der Waals surface area contributed by atoms with Gasteiger partial charge in [-0.1, -0.05) is 30.3 Å². The second-order valence-corrected chi connectivity index (χ2v) is 5.92. The van der Waals surface area contributed by atoms with Gasteiger partial charge < -0.3 is 10.6 Å². The Hall–Kier alpha value is -2.77. The van der Waals surface area contributed by atoms with Gasteiger partial charge in [0.2, 0.25) is 5.91 Å². The molecule has 0 aliphatic carbocycles. The first-order valence-corrected chi connectivity index (χ1v) is 8.08. The fraction of sp³-hybridized carbons (Fsp3) is 0.158. The smallest absolute Gasteiger partial charge is 0.247 e. The van der Waals surface area contributed by atoms with Crippen LogP contribution in [0.2, 0.25) is 0 Å². The van der Waals surface area contributed by atoms with Crippen LogP contribution in [0.4, 0.5) is 5.69 Å². The predicted molar refractivity (Wildman–Crippen MR) is 95.0 cm³/mol. The van der Waals surface area contributed by atoms with Crippen LogP contribution in [0.25, 0.3) is 5.57 Å². The highest BCUT2D eigenvalue weighted by Gasteiger charge is 2.26. The minimum atomic E-state index is -0.0688. The molecule has 1 amide bonds. The molecular formula is C19H16ClN3O. The molecule has 0 fully saturated rings. The Balaban J connectivity index is 1.93. The highest BCUT2D eigenvalue weighted by atomic mass is 35.5. The molecule has 24 heavy (non-hydrogen) atoms. The average molecular weight is 338 g/mol. The van der Waals surface area contributed by atoms with Crippen molar-refractivity contribution in [3.05, 3.63) is 70.8 Å². The number of carbonyl (C=O) groups excluding carboxylic acids is 1. The largest absolute Gasteiger partial charge is 0.398 e. The van der Waals surface area contributed by atoms with Gasteiger partial charge in [0.15, 0.2) is 0 Å². The topological polar surface area (TPSA) is 70.1 Å². The van der Waals surface area contributed by atoms with Crippen molar-refractivity contribution in [1.82, 2.24) is 4.90 Å². The van der Waals surface area contributed by atoms with Crippen LogP contribution in [-0.2, 0) is 17.2 Å². The van der Waals surface area contributed by atoms with Gasteiger partial charge in [-0.2, -0.15) is 5.26 Å². The maximum absolute atomic E-state index is 12.3. The lowest BCUT2D eigenvalue weighted by atomic mass is 9.94. The van der Waals surface area contributed by atoms with E-state index in [1.54, 1.807) is 23.1 Å². The first kappa shape index (κ1) is 16.1. The number of hydrogen-bond acceptors (Lipinski definition) is 3. The van der Waals surface area contributed by atoms with Gasteiger partial charge in [-0.15, -0.1) is 11.6 Å². The third kappa shape index (κ3) is 2.99. The highest BCUT2D eigenvalue weighted by molar-refractivity contribution is 6.18.